The monoisotopic (exact) mass is 327 g/mol. The van der Waals surface area contributed by atoms with Crippen molar-refractivity contribution in [3.05, 3.63) is 34.9 Å². The standard InChI is InChI=1S/C14H18BrNO3/c1-9-2-3-10(5-13(17)8-15)4-11(9)6-12(16)7-14(18)19/h2-4,12H,5-8,16H2,1H3,(H,18,19)/t12-/m0/s1. The number of Topliss-reactive ketones (excluding diaryl/α,β-unsaturated/α-hetero) is 1. The fourth-order valence-corrected chi connectivity index (χ4v) is 2.11. The number of aryl methyl sites for hydroxylation is 1. The zero-order valence-corrected chi connectivity index (χ0v) is 12.4. The van der Waals surface area contributed by atoms with Gasteiger partial charge in [-0.25, -0.2) is 0 Å². The summed E-state index contributed by atoms with van der Waals surface area (Å²) in [6.07, 6.45) is 0.838. The zero-order chi connectivity index (χ0) is 14.4. The van der Waals surface area contributed by atoms with Gasteiger partial charge in [0.2, 0.25) is 0 Å². The van der Waals surface area contributed by atoms with E-state index in [1.54, 1.807) is 0 Å². The van der Waals surface area contributed by atoms with Crippen molar-refractivity contribution in [2.24, 2.45) is 5.73 Å². The van der Waals surface area contributed by atoms with Crippen molar-refractivity contribution in [1.82, 2.24) is 0 Å². The number of carboxylic acids is 1. The molecule has 1 aromatic rings. The van der Waals surface area contributed by atoms with Crippen molar-refractivity contribution in [1.29, 1.82) is 0 Å². The molecule has 1 rings (SSSR count). The van der Waals surface area contributed by atoms with E-state index in [4.69, 9.17) is 10.8 Å². The Kier molecular flexibility index (Phi) is 6.18. The molecule has 0 aliphatic rings. The number of halogens is 1. The molecule has 0 bridgehead atoms. The van der Waals surface area contributed by atoms with Crippen LogP contribution in [-0.4, -0.2) is 28.2 Å². The van der Waals surface area contributed by atoms with E-state index in [9.17, 15) is 9.59 Å². The summed E-state index contributed by atoms with van der Waals surface area (Å²) >= 11 is 3.14. The van der Waals surface area contributed by atoms with Gasteiger partial charge in [-0.3, -0.25) is 9.59 Å². The molecule has 0 aromatic heterocycles. The number of carbonyl (C=O) groups excluding carboxylic acids is 1. The third kappa shape index (κ3) is 5.53. The maximum atomic E-state index is 11.4. The molecule has 0 amide bonds. The summed E-state index contributed by atoms with van der Waals surface area (Å²) in [5.74, 6) is -0.777. The Hall–Kier alpha value is -1.20. The molecule has 0 aliphatic heterocycles. The first kappa shape index (κ1) is 15.9. The number of aliphatic carboxylic acids is 1. The number of ketones is 1. The lowest BCUT2D eigenvalue weighted by molar-refractivity contribution is -0.137. The van der Waals surface area contributed by atoms with Crippen LogP contribution in [0.2, 0.25) is 0 Å². The van der Waals surface area contributed by atoms with Gasteiger partial charge in [0, 0.05) is 12.5 Å². The molecule has 104 valence electrons. The summed E-state index contributed by atoms with van der Waals surface area (Å²) in [7, 11) is 0. The molecule has 0 spiro atoms. The van der Waals surface area contributed by atoms with Gasteiger partial charge in [-0.05, 0) is 30.0 Å². The zero-order valence-electron chi connectivity index (χ0n) is 10.9. The van der Waals surface area contributed by atoms with Crippen LogP contribution in [0.3, 0.4) is 0 Å². The first-order chi connectivity index (χ1) is 8.92. The second kappa shape index (κ2) is 7.40. The second-order valence-corrected chi connectivity index (χ2v) is 5.23. The van der Waals surface area contributed by atoms with E-state index >= 15 is 0 Å². The molecule has 0 saturated carbocycles. The minimum absolute atomic E-state index is 0.0516. The maximum Gasteiger partial charge on any atom is 0.304 e. The van der Waals surface area contributed by atoms with Crippen LogP contribution in [0.15, 0.2) is 18.2 Å². The summed E-state index contributed by atoms with van der Waals surface area (Å²) in [6.45, 7) is 1.96. The Balaban J connectivity index is 2.79. The molecular formula is C14H18BrNO3. The molecule has 4 nitrogen and oxygen atoms in total. The van der Waals surface area contributed by atoms with Crippen molar-refractivity contribution in [2.45, 2.75) is 32.2 Å². The Labute approximate surface area is 121 Å². The van der Waals surface area contributed by atoms with Crippen LogP contribution in [0.1, 0.15) is 23.1 Å². The van der Waals surface area contributed by atoms with Crippen molar-refractivity contribution < 1.29 is 14.7 Å². The van der Waals surface area contributed by atoms with Gasteiger partial charge in [0.25, 0.3) is 0 Å². The summed E-state index contributed by atoms with van der Waals surface area (Å²) in [5.41, 5.74) is 8.81. The van der Waals surface area contributed by atoms with Crippen LogP contribution < -0.4 is 5.73 Å². The summed E-state index contributed by atoms with van der Waals surface area (Å²) in [5, 5.41) is 9.05. The quantitative estimate of drug-likeness (QED) is 0.749. The molecule has 0 aliphatic carbocycles. The minimum atomic E-state index is -0.893. The van der Waals surface area contributed by atoms with Crippen molar-refractivity contribution in [2.75, 3.05) is 5.33 Å². The van der Waals surface area contributed by atoms with E-state index in [1.165, 1.54) is 0 Å². The molecule has 1 aromatic carbocycles. The molecule has 1 atom stereocenters. The Morgan fingerprint density at radius 1 is 1.42 bits per heavy atom. The number of rotatable bonds is 7. The highest BCUT2D eigenvalue weighted by Gasteiger charge is 2.11. The molecule has 19 heavy (non-hydrogen) atoms. The molecule has 0 fully saturated rings. The lowest BCUT2D eigenvalue weighted by atomic mass is 9.96. The van der Waals surface area contributed by atoms with Gasteiger partial charge < -0.3 is 10.8 Å². The fraction of sp³-hybridized carbons (Fsp3) is 0.429. The number of carboxylic acid groups (broad SMARTS) is 1. The minimum Gasteiger partial charge on any atom is -0.481 e. The molecule has 0 unspecified atom stereocenters. The third-order valence-electron chi connectivity index (χ3n) is 2.88. The van der Waals surface area contributed by atoms with Crippen LogP contribution in [-0.2, 0) is 22.4 Å². The summed E-state index contributed by atoms with van der Waals surface area (Å²) in [4.78, 5) is 22.0. The van der Waals surface area contributed by atoms with Gasteiger partial charge in [-0.2, -0.15) is 0 Å². The molecule has 0 heterocycles. The second-order valence-electron chi connectivity index (χ2n) is 4.67. The van der Waals surface area contributed by atoms with Crippen LogP contribution in [0.25, 0.3) is 0 Å². The van der Waals surface area contributed by atoms with Gasteiger partial charge >= 0.3 is 5.97 Å². The number of hydrogen-bond acceptors (Lipinski definition) is 3. The van der Waals surface area contributed by atoms with Gasteiger partial charge in [0.15, 0.2) is 0 Å². The third-order valence-corrected chi connectivity index (χ3v) is 3.51. The van der Waals surface area contributed by atoms with E-state index in [2.05, 4.69) is 15.9 Å². The number of hydrogen-bond donors (Lipinski definition) is 2. The van der Waals surface area contributed by atoms with E-state index < -0.39 is 12.0 Å². The molecule has 0 saturated heterocycles. The Morgan fingerprint density at radius 3 is 2.68 bits per heavy atom. The largest absolute Gasteiger partial charge is 0.481 e. The average molecular weight is 328 g/mol. The first-order valence-corrected chi connectivity index (χ1v) is 7.18. The molecule has 0 radical (unpaired) electrons. The smallest absolute Gasteiger partial charge is 0.304 e. The number of nitrogens with two attached hydrogens (primary N) is 1. The molecule has 3 N–H and O–H groups in total. The lowest BCUT2D eigenvalue weighted by Gasteiger charge is -2.13. The fourth-order valence-electron chi connectivity index (χ4n) is 1.91. The predicted molar refractivity (Wildman–Crippen MR) is 77.6 cm³/mol. The number of alkyl halides is 1. The average Bonchev–Trinajstić information content (AvgIpc) is 2.32. The Bertz CT molecular complexity index is 474. The summed E-state index contributed by atoms with van der Waals surface area (Å²) in [6, 6.07) is 5.40. The molecular weight excluding hydrogens is 310 g/mol. The number of benzene rings is 1. The summed E-state index contributed by atoms with van der Waals surface area (Å²) < 4.78 is 0. The topological polar surface area (TPSA) is 80.4 Å². The SMILES string of the molecule is Cc1ccc(CC(=O)CBr)cc1C[C@H](N)CC(=O)O. The van der Waals surface area contributed by atoms with Crippen molar-refractivity contribution in [3.8, 4) is 0 Å². The van der Waals surface area contributed by atoms with Crippen molar-refractivity contribution >= 4 is 27.7 Å². The van der Waals surface area contributed by atoms with E-state index in [-0.39, 0.29) is 12.2 Å². The predicted octanol–water partition coefficient (Wildman–Crippen LogP) is 1.85. The van der Waals surface area contributed by atoms with Gasteiger partial charge in [0.05, 0.1) is 11.8 Å². The highest BCUT2D eigenvalue weighted by Crippen LogP contribution is 2.15. The van der Waals surface area contributed by atoms with Crippen LogP contribution in [0, 0.1) is 6.92 Å². The highest BCUT2D eigenvalue weighted by atomic mass is 79.9. The van der Waals surface area contributed by atoms with Crippen molar-refractivity contribution in [3.63, 3.8) is 0 Å². The van der Waals surface area contributed by atoms with Gasteiger partial charge in [-0.1, -0.05) is 34.1 Å². The van der Waals surface area contributed by atoms with E-state index in [1.807, 2.05) is 25.1 Å². The first-order valence-electron chi connectivity index (χ1n) is 6.05. The van der Waals surface area contributed by atoms with Gasteiger partial charge in [-0.15, -0.1) is 0 Å². The maximum absolute atomic E-state index is 11.4. The number of carbonyl (C=O) groups is 2. The van der Waals surface area contributed by atoms with E-state index in [0.29, 0.717) is 18.2 Å². The van der Waals surface area contributed by atoms with Crippen LogP contribution in [0.4, 0.5) is 0 Å². The molecule has 5 heteroatoms. The lowest BCUT2D eigenvalue weighted by Crippen LogP contribution is -2.26. The van der Waals surface area contributed by atoms with Gasteiger partial charge in [0.1, 0.15) is 5.78 Å². The Morgan fingerprint density at radius 2 is 2.11 bits per heavy atom. The van der Waals surface area contributed by atoms with Crippen LogP contribution >= 0.6 is 15.9 Å². The highest BCUT2D eigenvalue weighted by molar-refractivity contribution is 9.09. The van der Waals surface area contributed by atoms with E-state index in [0.717, 1.165) is 16.7 Å². The normalized spacial score (nSPS) is 12.2. The van der Waals surface area contributed by atoms with Crippen LogP contribution in [0.5, 0.6) is 0 Å².